The predicted molar refractivity (Wildman–Crippen MR) is 93.3 cm³/mol. The Morgan fingerprint density at radius 3 is 2.67 bits per heavy atom. The van der Waals surface area contributed by atoms with E-state index in [1.807, 2.05) is 6.07 Å². The Bertz CT molecular complexity index is 694. The van der Waals surface area contributed by atoms with Crippen LogP contribution in [0.4, 0.5) is 4.39 Å². The Balaban J connectivity index is 0.00000208. The third-order valence-corrected chi connectivity index (χ3v) is 4.07. The maximum Gasteiger partial charge on any atom is 0.254 e. The maximum atomic E-state index is 13.5. The number of hydrogen-bond donors (Lipinski definition) is 1. The zero-order valence-corrected chi connectivity index (χ0v) is 14.2. The number of rotatable bonds is 3. The van der Waals surface area contributed by atoms with E-state index in [0.717, 1.165) is 12.1 Å². The quantitative estimate of drug-likeness (QED) is 0.925. The lowest BCUT2D eigenvalue weighted by atomic mass is 10.0. The zero-order chi connectivity index (χ0) is 16.2. The lowest BCUT2D eigenvalue weighted by molar-refractivity contribution is 0.0634. The van der Waals surface area contributed by atoms with E-state index in [4.69, 9.17) is 4.74 Å². The van der Waals surface area contributed by atoms with E-state index in [0.29, 0.717) is 24.4 Å². The molecule has 1 N–H and O–H groups in total. The standard InChI is InChI=1S/C18H19FN2O2.ClH/c1-23-16-7-5-13(6-8-16)18(22)21-10-9-20-12-17(21)14-3-2-4-15(19)11-14;/h2-8,11,17,20H,9-10,12H2,1H3;1H. The molecule has 1 saturated heterocycles. The summed E-state index contributed by atoms with van der Waals surface area (Å²) in [5, 5.41) is 3.27. The van der Waals surface area contributed by atoms with Gasteiger partial charge in [-0.25, -0.2) is 4.39 Å². The second-order valence-corrected chi connectivity index (χ2v) is 5.50. The molecule has 128 valence electrons. The van der Waals surface area contributed by atoms with E-state index < -0.39 is 0 Å². The molecule has 1 heterocycles. The summed E-state index contributed by atoms with van der Waals surface area (Å²) in [6.07, 6.45) is 0. The number of nitrogens with zero attached hydrogens (tertiary/aromatic N) is 1. The molecule has 0 aliphatic carbocycles. The topological polar surface area (TPSA) is 41.6 Å². The number of carbonyl (C=O) groups excluding carboxylic acids is 1. The van der Waals surface area contributed by atoms with Crippen LogP contribution in [0, 0.1) is 5.82 Å². The third kappa shape index (κ3) is 3.86. The molecule has 3 rings (SSSR count). The maximum absolute atomic E-state index is 13.5. The van der Waals surface area contributed by atoms with Gasteiger partial charge >= 0.3 is 0 Å². The molecule has 0 spiro atoms. The van der Waals surface area contributed by atoms with Crippen molar-refractivity contribution in [2.24, 2.45) is 0 Å². The SMILES string of the molecule is COc1ccc(C(=O)N2CCNCC2c2cccc(F)c2)cc1.Cl. The van der Waals surface area contributed by atoms with E-state index in [9.17, 15) is 9.18 Å². The minimum absolute atomic E-state index is 0. The van der Waals surface area contributed by atoms with E-state index in [2.05, 4.69) is 5.32 Å². The van der Waals surface area contributed by atoms with Crippen LogP contribution in [0.2, 0.25) is 0 Å². The molecular weight excluding hydrogens is 331 g/mol. The van der Waals surface area contributed by atoms with Gasteiger partial charge in [-0.15, -0.1) is 12.4 Å². The van der Waals surface area contributed by atoms with Crippen molar-refractivity contribution < 1.29 is 13.9 Å². The molecule has 0 radical (unpaired) electrons. The second kappa shape index (κ2) is 8.13. The zero-order valence-electron chi connectivity index (χ0n) is 13.4. The molecule has 6 heteroatoms. The number of methoxy groups -OCH3 is 1. The number of nitrogens with one attached hydrogen (secondary N) is 1. The van der Waals surface area contributed by atoms with E-state index in [-0.39, 0.29) is 30.2 Å². The summed E-state index contributed by atoms with van der Waals surface area (Å²) in [6.45, 7) is 1.94. The monoisotopic (exact) mass is 350 g/mol. The summed E-state index contributed by atoms with van der Waals surface area (Å²) in [6, 6.07) is 13.3. The van der Waals surface area contributed by atoms with Crippen LogP contribution in [-0.4, -0.2) is 37.6 Å². The van der Waals surface area contributed by atoms with Crippen molar-refractivity contribution >= 4 is 18.3 Å². The third-order valence-electron chi connectivity index (χ3n) is 4.07. The molecule has 24 heavy (non-hydrogen) atoms. The number of piperazine rings is 1. The summed E-state index contributed by atoms with van der Waals surface area (Å²) in [5.41, 5.74) is 1.41. The highest BCUT2D eigenvalue weighted by atomic mass is 35.5. The van der Waals surface area contributed by atoms with Crippen molar-refractivity contribution in [2.75, 3.05) is 26.7 Å². The Kier molecular flexibility index (Phi) is 6.17. The van der Waals surface area contributed by atoms with Gasteiger partial charge in [-0.1, -0.05) is 12.1 Å². The average molecular weight is 351 g/mol. The van der Waals surface area contributed by atoms with Gasteiger partial charge in [0.25, 0.3) is 5.91 Å². The van der Waals surface area contributed by atoms with Gasteiger partial charge in [-0.2, -0.15) is 0 Å². The van der Waals surface area contributed by atoms with Gasteiger partial charge in [-0.05, 0) is 42.0 Å². The minimum atomic E-state index is -0.287. The number of ether oxygens (including phenoxy) is 1. The largest absolute Gasteiger partial charge is 0.497 e. The van der Waals surface area contributed by atoms with Crippen molar-refractivity contribution in [1.82, 2.24) is 10.2 Å². The number of halogens is 2. The van der Waals surface area contributed by atoms with E-state index >= 15 is 0 Å². The van der Waals surface area contributed by atoms with Gasteiger partial charge in [0.15, 0.2) is 0 Å². The van der Waals surface area contributed by atoms with Crippen molar-refractivity contribution in [3.63, 3.8) is 0 Å². The van der Waals surface area contributed by atoms with E-state index in [1.54, 1.807) is 42.3 Å². The first kappa shape index (κ1) is 18.2. The lowest BCUT2D eigenvalue weighted by Crippen LogP contribution is -2.48. The Hall–Kier alpha value is -2.11. The molecular formula is C18H20ClFN2O2. The Morgan fingerprint density at radius 1 is 1.25 bits per heavy atom. The van der Waals surface area contributed by atoms with Crippen molar-refractivity contribution in [3.05, 3.63) is 65.5 Å². The second-order valence-electron chi connectivity index (χ2n) is 5.50. The van der Waals surface area contributed by atoms with Crippen molar-refractivity contribution in [2.45, 2.75) is 6.04 Å². The molecule has 1 aliphatic rings. The summed E-state index contributed by atoms with van der Waals surface area (Å²) in [4.78, 5) is 14.6. The van der Waals surface area contributed by atoms with Gasteiger partial charge < -0.3 is 15.0 Å². The first-order valence-electron chi connectivity index (χ1n) is 7.60. The number of carbonyl (C=O) groups is 1. The van der Waals surface area contributed by atoms with Crippen LogP contribution in [0.3, 0.4) is 0 Å². The molecule has 2 aromatic carbocycles. The molecule has 1 amide bonds. The molecule has 1 aliphatic heterocycles. The number of benzene rings is 2. The van der Waals surface area contributed by atoms with Crippen LogP contribution < -0.4 is 10.1 Å². The first-order valence-corrected chi connectivity index (χ1v) is 7.60. The highest BCUT2D eigenvalue weighted by molar-refractivity contribution is 5.94. The van der Waals surface area contributed by atoms with E-state index in [1.165, 1.54) is 12.1 Å². The van der Waals surface area contributed by atoms with Crippen LogP contribution in [0.25, 0.3) is 0 Å². The van der Waals surface area contributed by atoms with Gasteiger partial charge in [0.05, 0.1) is 13.2 Å². The fourth-order valence-corrected chi connectivity index (χ4v) is 2.86. The normalized spacial score (nSPS) is 17.1. The highest BCUT2D eigenvalue weighted by Crippen LogP contribution is 2.25. The van der Waals surface area contributed by atoms with Crippen molar-refractivity contribution in [3.8, 4) is 5.75 Å². The van der Waals surface area contributed by atoms with Gasteiger partial charge in [0.2, 0.25) is 0 Å². The summed E-state index contributed by atoms with van der Waals surface area (Å²) in [7, 11) is 1.59. The summed E-state index contributed by atoms with van der Waals surface area (Å²) < 4.78 is 18.6. The molecule has 0 aromatic heterocycles. The Morgan fingerprint density at radius 2 is 2.00 bits per heavy atom. The van der Waals surface area contributed by atoms with Crippen LogP contribution in [0.15, 0.2) is 48.5 Å². The summed E-state index contributed by atoms with van der Waals surface area (Å²) in [5.74, 6) is 0.372. The molecule has 2 aromatic rings. The van der Waals surface area contributed by atoms with Crippen LogP contribution in [0.1, 0.15) is 22.0 Å². The number of hydrogen-bond acceptors (Lipinski definition) is 3. The van der Waals surface area contributed by atoms with Gasteiger partial charge in [-0.3, -0.25) is 4.79 Å². The van der Waals surface area contributed by atoms with Crippen LogP contribution in [0.5, 0.6) is 5.75 Å². The molecule has 1 unspecified atom stereocenters. The average Bonchev–Trinajstić information content (AvgIpc) is 2.61. The van der Waals surface area contributed by atoms with Crippen LogP contribution in [-0.2, 0) is 0 Å². The molecule has 0 saturated carbocycles. The first-order chi connectivity index (χ1) is 11.2. The Labute approximate surface area is 147 Å². The molecule has 0 bridgehead atoms. The van der Waals surface area contributed by atoms with Crippen LogP contribution >= 0.6 is 12.4 Å². The van der Waals surface area contributed by atoms with Gasteiger partial charge in [0.1, 0.15) is 11.6 Å². The molecule has 4 nitrogen and oxygen atoms in total. The highest BCUT2D eigenvalue weighted by Gasteiger charge is 2.28. The fourth-order valence-electron chi connectivity index (χ4n) is 2.86. The summed E-state index contributed by atoms with van der Waals surface area (Å²) >= 11 is 0. The predicted octanol–water partition coefficient (Wildman–Crippen LogP) is 3.04. The minimum Gasteiger partial charge on any atom is -0.497 e. The smallest absolute Gasteiger partial charge is 0.254 e. The van der Waals surface area contributed by atoms with Gasteiger partial charge in [0, 0.05) is 25.2 Å². The number of amides is 1. The molecule has 1 fully saturated rings. The lowest BCUT2D eigenvalue weighted by Gasteiger charge is -2.36. The fraction of sp³-hybridized carbons (Fsp3) is 0.278. The molecule has 1 atom stereocenters. The van der Waals surface area contributed by atoms with Crippen molar-refractivity contribution in [1.29, 1.82) is 0 Å².